The molecule has 32 heavy (non-hydrogen) atoms. The number of likely N-dealkylation sites (N-methyl/N-ethyl adjacent to an activating group) is 1. The number of hydrogen-bond donors (Lipinski definition) is 2. The predicted octanol–water partition coefficient (Wildman–Crippen LogP) is 2.52. The highest BCUT2D eigenvalue weighted by Crippen LogP contribution is 2.66. The molecule has 2 heterocycles. The highest BCUT2D eigenvalue weighted by molar-refractivity contribution is 5.72. The number of nitrogens with zero attached hydrogens (tertiary/aromatic N) is 1. The van der Waals surface area contributed by atoms with Crippen LogP contribution in [0.3, 0.4) is 0 Å². The number of ether oxygens (including phenoxy) is 3. The van der Waals surface area contributed by atoms with Crippen LogP contribution in [0.15, 0.2) is 12.1 Å². The van der Waals surface area contributed by atoms with Crippen molar-refractivity contribution in [2.75, 3.05) is 26.7 Å². The Kier molecular flexibility index (Phi) is 5.04. The summed E-state index contributed by atoms with van der Waals surface area (Å²) in [5, 5.41) is 14.2. The Morgan fingerprint density at radius 1 is 1.34 bits per heavy atom. The van der Waals surface area contributed by atoms with Crippen LogP contribution in [-0.4, -0.2) is 72.1 Å². The summed E-state index contributed by atoms with van der Waals surface area (Å²) in [4.78, 5) is 14.9. The minimum absolute atomic E-state index is 0.0297. The van der Waals surface area contributed by atoms with Gasteiger partial charge in [0.1, 0.15) is 11.7 Å². The van der Waals surface area contributed by atoms with Crippen LogP contribution in [0.5, 0.6) is 11.5 Å². The summed E-state index contributed by atoms with van der Waals surface area (Å²) in [7, 11) is 2.20. The van der Waals surface area contributed by atoms with Gasteiger partial charge in [-0.05, 0) is 78.6 Å². The minimum atomic E-state index is -0.514. The zero-order valence-electron chi connectivity index (χ0n) is 19.9. The lowest BCUT2D eigenvalue weighted by Gasteiger charge is -2.65. The molecule has 2 fully saturated rings. The van der Waals surface area contributed by atoms with Crippen molar-refractivity contribution in [3.8, 4) is 11.5 Å². The number of aromatic hydroxyl groups is 1. The third-order valence-corrected chi connectivity index (χ3v) is 8.02. The Labute approximate surface area is 190 Å². The number of nitrogens with one attached hydrogen (secondary N) is 1. The number of phenols is 1. The summed E-state index contributed by atoms with van der Waals surface area (Å²) in [5.74, 6) is 0.548. The number of benzene rings is 1. The summed E-state index contributed by atoms with van der Waals surface area (Å²) in [6.45, 7) is 9.43. The van der Waals surface area contributed by atoms with E-state index in [1.165, 1.54) is 5.56 Å². The molecule has 7 heteroatoms. The molecule has 2 aliphatic heterocycles. The van der Waals surface area contributed by atoms with Crippen LogP contribution in [0.1, 0.15) is 58.1 Å². The van der Waals surface area contributed by atoms with Crippen LogP contribution in [-0.2, 0) is 26.1 Å². The molecular formula is C25H36N2O5. The lowest BCUT2D eigenvalue weighted by Crippen LogP contribution is -2.78. The highest BCUT2D eigenvalue weighted by atomic mass is 16.6. The first-order valence-corrected chi connectivity index (χ1v) is 11.9. The van der Waals surface area contributed by atoms with Gasteiger partial charge in [-0.25, -0.2) is 0 Å². The number of phenolic OH excluding ortho intramolecular Hbond substituents is 1. The first kappa shape index (κ1) is 22.0. The SMILES string of the molecule is CCO[C@@]12CC[C@H](NCC(=O)OC(C)(C)C)[C@@H]3Oc4c(O)ccc5c4[C@@]31CCN(C)C2C5. The third-order valence-electron chi connectivity index (χ3n) is 8.02. The Bertz CT molecular complexity index is 928. The minimum Gasteiger partial charge on any atom is -0.504 e. The standard InChI is InChI=1S/C25H36N2O5/c1-6-30-25-10-9-16(26-14-19(29)32-23(2,3)4)22-24(25)11-12-27(5)18(25)13-15-7-8-17(28)21(31-22)20(15)24/h7-8,16,18,22,26,28H,6,9-14H2,1-5H3/t16-,18?,22-,24-,25+/m0/s1. The molecule has 1 aromatic carbocycles. The van der Waals surface area contributed by atoms with Gasteiger partial charge in [0.05, 0.1) is 17.6 Å². The van der Waals surface area contributed by atoms with E-state index in [9.17, 15) is 9.90 Å². The Morgan fingerprint density at radius 2 is 2.12 bits per heavy atom. The third kappa shape index (κ3) is 2.94. The van der Waals surface area contributed by atoms with Crippen molar-refractivity contribution in [3.05, 3.63) is 23.3 Å². The van der Waals surface area contributed by atoms with E-state index in [4.69, 9.17) is 14.2 Å². The first-order valence-electron chi connectivity index (χ1n) is 11.9. The molecule has 7 nitrogen and oxygen atoms in total. The van der Waals surface area contributed by atoms with Gasteiger partial charge in [0.15, 0.2) is 11.5 Å². The van der Waals surface area contributed by atoms with E-state index in [2.05, 4.69) is 30.3 Å². The Hall–Kier alpha value is -1.83. The lowest BCUT2D eigenvalue weighted by atomic mass is 9.48. The summed E-state index contributed by atoms with van der Waals surface area (Å²) in [5.41, 5.74) is 1.17. The number of esters is 1. The van der Waals surface area contributed by atoms with E-state index < -0.39 is 5.60 Å². The van der Waals surface area contributed by atoms with E-state index in [0.29, 0.717) is 12.4 Å². The molecule has 1 saturated carbocycles. The number of carbonyl (C=O) groups excluding carboxylic acids is 1. The number of rotatable bonds is 5. The molecule has 5 atom stereocenters. The average molecular weight is 445 g/mol. The van der Waals surface area contributed by atoms with Gasteiger partial charge in [-0.15, -0.1) is 0 Å². The molecule has 0 aromatic heterocycles. The van der Waals surface area contributed by atoms with Gasteiger partial charge in [0, 0.05) is 24.3 Å². The zero-order chi connectivity index (χ0) is 22.9. The average Bonchev–Trinajstić information content (AvgIpc) is 3.06. The maximum absolute atomic E-state index is 12.4. The van der Waals surface area contributed by atoms with E-state index in [1.807, 2.05) is 20.8 Å². The summed E-state index contributed by atoms with van der Waals surface area (Å²) < 4.78 is 18.8. The van der Waals surface area contributed by atoms with Crippen LogP contribution in [0, 0.1) is 0 Å². The van der Waals surface area contributed by atoms with Gasteiger partial charge >= 0.3 is 5.97 Å². The van der Waals surface area contributed by atoms with Crippen LogP contribution >= 0.6 is 0 Å². The summed E-state index contributed by atoms with van der Waals surface area (Å²) >= 11 is 0. The second-order valence-corrected chi connectivity index (χ2v) is 10.8. The first-order chi connectivity index (χ1) is 15.1. The Morgan fingerprint density at radius 3 is 2.84 bits per heavy atom. The maximum Gasteiger partial charge on any atom is 0.320 e. The molecule has 4 aliphatic rings. The molecule has 1 aromatic rings. The largest absolute Gasteiger partial charge is 0.504 e. The van der Waals surface area contributed by atoms with Crippen LogP contribution in [0.2, 0.25) is 0 Å². The van der Waals surface area contributed by atoms with E-state index in [1.54, 1.807) is 6.07 Å². The topological polar surface area (TPSA) is 80.3 Å². The van der Waals surface area contributed by atoms with Crippen LogP contribution in [0.25, 0.3) is 0 Å². The fourth-order valence-electron chi connectivity index (χ4n) is 7.08. The van der Waals surface area contributed by atoms with Gasteiger partial charge in [0.2, 0.25) is 0 Å². The number of piperidine rings is 1. The predicted molar refractivity (Wildman–Crippen MR) is 120 cm³/mol. The normalized spacial score (nSPS) is 35.2. The monoisotopic (exact) mass is 444 g/mol. The second-order valence-electron chi connectivity index (χ2n) is 10.8. The highest BCUT2D eigenvalue weighted by Gasteiger charge is 2.73. The Balaban J connectivity index is 1.55. The van der Waals surface area contributed by atoms with Gasteiger partial charge in [0.25, 0.3) is 0 Å². The molecule has 2 N–H and O–H groups in total. The number of carbonyl (C=O) groups is 1. The van der Waals surface area contributed by atoms with Crippen LogP contribution in [0.4, 0.5) is 0 Å². The smallest absolute Gasteiger partial charge is 0.320 e. The quantitative estimate of drug-likeness (QED) is 0.676. The summed E-state index contributed by atoms with van der Waals surface area (Å²) in [6, 6.07) is 4.05. The lowest BCUT2D eigenvalue weighted by molar-refractivity contribution is -0.214. The van der Waals surface area contributed by atoms with Crippen molar-refractivity contribution in [3.63, 3.8) is 0 Å². The van der Waals surface area contributed by atoms with Crippen molar-refractivity contribution < 1.29 is 24.1 Å². The molecular weight excluding hydrogens is 408 g/mol. The summed E-state index contributed by atoms with van der Waals surface area (Å²) in [6.07, 6.45) is 3.31. The van der Waals surface area contributed by atoms with E-state index in [0.717, 1.165) is 37.8 Å². The molecule has 5 rings (SSSR count). The van der Waals surface area contributed by atoms with Crippen molar-refractivity contribution in [1.82, 2.24) is 10.2 Å². The second kappa shape index (κ2) is 7.34. The van der Waals surface area contributed by atoms with Gasteiger partial charge < -0.3 is 29.5 Å². The van der Waals surface area contributed by atoms with Crippen molar-refractivity contribution in [1.29, 1.82) is 0 Å². The molecule has 1 spiro atoms. The molecule has 0 amide bonds. The van der Waals surface area contributed by atoms with Gasteiger partial charge in [-0.3, -0.25) is 4.79 Å². The van der Waals surface area contributed by atoms with Crippen molar-refractivity contribution in [2.45, 2.75) is 88.2 Å². The zero-order valence-corrected chi connectivity index (χ0v) is 19.9. The fraction of sp³-hybridized carbons (Fsp3) is 0.720. The molecule has 0 radical (unpaired) electrons. The maximum atomic E-state index is 12.4. The van der Waals surface area contributed by atoms with Gasteiger partial charge in [-0.2, -0.15) is 0 Å². The fourth-order valence-corrected chi connectivity index (χ4v) is 7.08. The number of likely N-dealkylation sites (tertiary alicyclic amines) is 1. The number of hydrogen-bond acceptors (Lipinski definition) is 7. The molecule has 2 aliphatic carbocycles. The van der Waals surface area contributed by atoms with Gasteiger partial charge in [-0.1, -0.05) is 6.07 Å². The molecule has 2 bridgehead atoms. The molecule has 176 valence electrons. The van der Waals surface area contributed by atoms with Crippen molar-refractivity contribution >= 4 is 5.97 Å². The molecule has 1 unspecified atom stereocenters. The van der Waals surface area contributed by atoms with Crippen molar-refractivity contribution in [2.24, 2.45) is 0 Å². The molecule has 1 saturated heterocycles. The van der Waals surface area contributed by atoms with Crippen LogP contribution < -0.4 is 10.1 Å². The van der Waals surface area contributed by atoms with E-state index in [-0.39, 0.29) is 47.5 Å². The van der Waals surface area contributed by atoms with E-state index >= 15 is 0 Å².